The molecule has 0 bridgehead atoms. The molecule has 23 heavy (non-hydrogen) atoms. The minimum absolute atomic E-state index is 0.00707. The van der Waals surface area contributed by atoms with Crippen molar-refractivity contribution in [3.8, 4) is 0 Å². The molecule has 0 aromatic heterocycles. The molecule has 1 fully saturated rings. The molecule has 4 heteroatoms. The number of piperidine rings is 1. The molecule has 4 nitrogen and oxygen atoms in total. The van der Waals surface area contributed by atoms with E-state index < -0.39 is 0 Å². The molecule has 1 aromatic carbocycles. The van der Waals surface area contributed by atoms with Crippen LogP contribution in [0.15, 0.2) is 30.9 Å². The fourth-order valence-corrected chi connectivity index (χ4v) is 3.83. The van der Waals surface area contributed by atoms with Crippen LogP contribution in [0.25, 0.3) is 5.57 Å². The van der Waals surface area contributed by atoms with Crippen molar-refractivity contribution in [2.45, 2.75) is 32.1 Å². The van der Waals surface area contributed by atoms with Gasteiger partial charge in [0.05, 0.1) is 0 Å². The number of carbonyl (C=O) groups excluding carboxylic acids is 2. The Labute approximate surface area is 136 Å². The van der Waals surface area contributed by atoms with E-state index in [1.165, 1.54) is 22.8 Å². The van der Waals surface area contributed by atoms with Crippen LogP contribution < -0.4 is 5.73 Å². The highest BCUT2D eigenvalue weighted by molar-refractivity contribution is 5.97. The largest absolute Gasteiger partial charge is 0.366 e. The molecule has 1 saturated heterocycles. The standard InChI is InChI=1S/C19H22N2O2/c1-3-17(22)21-10-4-5-13(11-21)14-8-9-16(19(20)23)15-7-6-12(2)18(14)15/h3,6,8-9,13H,1,4-5,7,10-11H2,2H3,(H2,20,23). The Bertz CT molecular complexity index is 718. The van der Waals surface area contributed by atoms with Gasteiger partial charge in [-0.3, -0.25) is 9.59 Å². The van der Waals surface area contributed by atoms with E-state index in [4.69, 9.17) is 5.73 Å². The summed E-state index contributed by atoms with van der Waals surface area (Å²) in [6.45, 7) is 7.16. The summed E-state index contributed by atoms with van der Waals surface area (Å²) in [5, 5.41) is 0. The number of hydrogen-bond acceptors (Lipinski definition) is 2. The zero-order chi connectivity index (χ0) is 16.6. The first-order chi connectivity index (χ1) is 11.0. The molecule has 1 heterocycles. The van der Waals surface area contributed by atoms with E-state index in [2.05, 4.69) is 19.6 Å². The number of carbonyl (C=O) groups is 2. The SMILES string of the molecule is C=CC(=O)N1CCCC(c2ccc(C(N)=O)c3c2C(C)=CC3)C1. The zero-order valence-electron chi connectivity index (χ0n) is 13.5. The summed E-state index contributed by atoms with van der Waals surface area (Å²) < 4.78 is 0. The van der Waals surface area contributed by atoms with Crippen LogP contribution in [-0.2, 0) is 11.2 Å². The summed E-state index contributed by atoms with van der Waals surface area (Å²) in [7, 11) is 0. The molecule has 0 radical (unpaired) electrons. The van der Waals surface area contributed by atoms with Gasteiger partial charge in [0.15, 0.2) is 0 Å². The summed E-state index contributed by atoms with van der Waals surface area (Å²) >= 11 is 0. The third-order valence-corrected chi connectivity index (χ3v) is 4.96. The van der Waals surface area contributed by atoms with Gasteiger partial charge in [0, 0.05) is 24.6 Å². The summed E-state index contributed by atoms with van der Waals surface area (Å²) in [5.41, 5.74) is 10.8. The maximum atomic E-state index is 11.9. The van der Waals surface area contributed by atoms with Crippen LogP contribution in [0, 0.1) is 0 Å². The molecule has 1 aliphatic heterocycles. The molecule has 2 amide bonds. The van der Waals surface area contributed by atoms with Crippen molar-refractivity contribution in [3.05, 3.63) is 53.1 Å². The predicted molar refractivity (Wildman–Crippen MR) is 91.1 cm³/mol. The van der Waals surface area contributed by atoms with Crippen molar-refractivity contribution in [2.75, 3.05) is 13.1 Å². The topological polar surface area (TPSA) is 63.4 Å². The monoisotopic (exact) mass is 310 g/mol. The fourth-order valence-electron chi connectivity index (χ4n) is 3.83. The first kappa shape index (κ1) is 15.5. The van der Waals surface area contributed by atoms with Crippen LogP contribution >= 0.6 is 0 Å². The number of likely N-dealkylation sites (tertiary alicyclic amines) is 1. The molecular formula is C19H22N2O2. The van der Waals surface area contributed by atoms with Gasteiger partial charge in [-0.05, 0) is 60.6 Å². The van der Waals surface area contributed by atoms with Crippen LogP contribution in [0.2, 0.25) is 0 Å². The van der Waals surface area contributed by atoms with Crippen LogP contribution in [-0.4, -0.2) is 29.8 Å². The van der Waals surface area contributed by atoms with Gasteiger partial charge in [0.1, 0.15) is 0 Å². The Morgan fingerprint density at radius 3 is 2.87 bits per heavy atom. The number of benzene rings is 1. The summed E-state index contributed by atoms with van der Waals surface area (Å²) in [5.74, 6) is -0.0832. The third-order valence-electron chi connectivity index (χ3n) is 4.96. The Morgan fingerprint density at radius 1 is 1.39 bits per heavy atom. The molecule has 0 saturated carbocycles. The molecular weight excluding hydrogens is 288 g/mol. The van der Waals surface area contributed by atoms with Gasteiger partial charge in [0.2, 0.25) is 11.8 Å². The molecule has 120 valence electrons. The van der Waals surface area contributed by atoms with Gasteiger partial charge < -0.3 is 10.6 Å². The molecule has 1 aromatic rings. The maximum Gasteiger partial charge on any atom is 0.249 e. The van der Waals surface area contributed by atoms with Crippen LogP contribution in [0.1, 0.15) is 52.7 Å². The Balaban J connectivity index is 1.99. The van der Waals surface area contributed by atoms with Crippen molar-refractivity contribution >= 4 is 17.4 Å². The third kappa shape index (κ3) is 2.69. The van der Waals surface area contributed by atoms with Crippen LogP contribution in [0.3, 0.4) is 0 Å². The fraction of sp³-hybridized carbons (Fsp3) is 0.368. The lowest BCUT2D eigenvalue weighted by Gasteiger charge is -2.33. The maximum absolute atomic E-state index is 11.9. The van der Waals surface area contributed by atoms with Crippen molar-refractivity contribution in [1.29, 1.82) is 0 Å². The van der Waals surface area contributed by atoms with E-state index in [9.17, 15) is 9.59 Å². The van der Waals surface area contributed by atoms with Crippen LogP contribution in [0.4, 0.5) is 0 Å². The number of nitrogens with zero attached hydrogens (tertiary/aromatic N) is 1. The van der Waals surface area contributed by atoms with Gasteiger partial charge in [-0.25, -0.2) is 0 Å². The van der Waals surface area contributed by atoms with Crippen molar-refractivity contribution in [3.63, 3.8) is 0 Å². The highest BCUT2D eigenvalue weighted by atomic mass is 16.2. The number of primary amides is 1. The van der Waals surface area contributed by atoms with E-state index >= 15 is 0 Å². The molecule has 0 spiro atoms. The number of fused-ring (bicyclic) bond motifs is 1. The van der Waals surface area contributed by atoms with Gasteiger partial charge in [0.25, 0.3) is 0 Å². The van der Waals surface area contributed by atoms with Crippen molar-refractivity contribution < 1.29 is 9.59 Å². The molecule has 1 unspecified atom stereocenters. The van der Waals surface area contributed by atoms with Crippen molar-refractivity contribution in [1.82, 2.24) is 4.90 Å². The van der Waals surface area contributed by atoms with E-state index in [1.54, 1.807) is 0 Å². The number of nitrogens with two attached hydrogens (primary N) is 1. The average Bonchev–Trinajstić information content (AvgIpc) is 2.95. The highest BCUT2D eigenvalue weighted by Crippen LogP contribution is 2.39. The van der Waals surface area contributed by atoms with E-state index in [0.717, 1.165) is 31.4 Å². The zero-order valence-corrected chi connectivity index (χ0v) is 13.5. The summed E-state index contributed by atoms with van der Waals surface area (Å²) in [6, 6.07) is 3.87. The Hall–Kier alpha value is -2.36. The molecule has 1 atom stereocenters. The smallest absolute Gasteiger partial charge is 0.249 e. The second kappa shape index (κ2) is 6.03. The second-order valence-electron chi connectivity index (χ2n) is 6.34. The lowest BCUT2D eigenvalue weighted by Crippen LogP contribution is -2.38. The van der Waals surface area contributed by atoms with E-state index in [1.807, 2.05) is 17.0 Å². The summed E-state index contributed by atoms with van der Waals surface area (Å²) in [4.78, 5) is 25.5. The minimum atomic E-state index is -0.372. The quantitative estimate of drug-likeness (QED) is 0.872. The lowest BCUT2D eigenvalue weighted by atomic mass is 9.83. The predicted octanol–water partition coefficient (Wildman–Crippen LogP) is 2.64. The lowest BCUT2D eigenvalue weighted by molar-refractivity contribution is -0.127. The number of allylic oxidation sites excluding steroid dienone is 2. The van der Waals surface area contributed by atoms with Gasteiger partial charge in [-0.2, -0.15) is 0 Å². The first-order valence-electron chi connectivity index (χ1n) is 8.07. The van der Waals surface area contributed by atoms with Gasteiger partial charge in [-0.1, -0.05) is 18.7 Å². The normalized spacial score (nSPS) is 20.0. The first-order valence-corrected chi connectivity index (χ1v) is 8.07. The Kier molecular flexibility index (Phi) is 4.07. The summed E-state index contributed by atoms with van der Waals surface area (Å²) in [6.07, 6.45) is 6.33. The minimum Gasteiger partial charge on any atom is -0.366 e. The van der Waals surface area contributed by atoms with Gasteiger partial charge >= 0.3 is 0 Å². The number of rotatable bonds is 3. The molecule has 3 rings (SSSR count). The molecule has 2 aliphatic rings. The Morgan fingerprint density at radius 2 is 2.17 bits per heavy atom. The van der Waals surface area contributed by atoms with Gasteiger partial charge in [-0.15, -0.1) is 0 Å². The molecule has 1 aliphatic carbocycles. The number of amides is 2. The van der Waals surface area contributed by atoms with Crippen LogP contribution in [0.5, 0.6) is 0 Å². The van der Waals surface area contributed by atoms with E-state index in [-0.39, 0.29) is 11.8 Å². The highest BCUT2D eigenvalue weighted by Gasteiger charge is 2.29. The molecule has 2 N–H and O–H groups in total. The average molecular weight is 310 g/mol. The second-order valence-corrected chi connectivity index (χ2v) is 6.34. The van der Waals surface area contributed by atoms with E-state index in [0.29, 0.717) is 18.0 Å². The number of hydrogen-bond donors (Lipinski definition) is 1. The van der Waals surface area contributed by atoms with Crippen molar-refractivity contribution in [2.24, 2.45) is 5.73 Å².